The highest BCUT2D eigenvalue weighted by Gasteiger charge is 2.51. The van der Waals surface area contributed by atoms with Crippen molar-refractivity contribution in [2.24, 2.45) is 0 Å². The summed E-state index contributed by atoms with van der Waals surface area (Å²) in [6, 6.07) is 9.81. The molecule has 2 aromatic rings. The molecule has 1 aliphatic heterocycles. The van der Waals surface area contributed by atoms with E-state index in [1.54, 1.807) is 13.3 Å². The standard InChI is InChI=1S/C18H21BBrNO3/c1-17(2)18(3,4)24-19(23-17)12-10-14(20)16(21-11-12)13-8-6-7-9-15(13)22-5/h6-11H,1-5H3. The fraction of sp³-hybridized carbons (Fsp3) is 0.389. The lowest BCUT2D eigenvalue weighted by Crippen LogP contribution is -2.41. The third-order valence-corrected chi connectivity index (χ3v) is 5.35. The average molecular weight is 390 g/mol. The molecule has 2 heterocycles. The molecule has 0 unspecified atom stereocenters. The maximum atomic E-state index is 6.09. The number of benzene rings is 1. The summed E-state index contributed by atoms with van der Waals surface area (Å²) in [4.78, 5) is 4.61. The van der Waals surface area contributed by atoms with E-state index in [4.69, 9.17) is 14.0 Å². The zero-order valence-electron chi connectivity index (χ0n) is 14.6. The summed E-state index contributed by atoms with van der Waals surface area (Å²) < 4.78 is 18.5. The van der Waals surface area contributed by atoms with Crippen LogP contribution in [0, 0.1) is 0 Å². The van der Waals surface area contributed by atoms with Gasteiger partial charge in [-0.25, -0.2) is 0 Å². The minimum Gasteiger partial charge on any atom is -0.496 e. The van der Waals surface area contributed by atoms with Gasteiger partial charge in [-0.05, 0) is 61.8 Å². The highest BCUT2D eigenvalue weighted by molar-refractivity contribution is 9.10. The van der Waals surface area contributed by atoms with Gasteiger partial charge in [-0.15, -0.1) is 0 Å². The van der Waals surface area contributed by atoms with Gasteiger partial charge in [0.2, 0.25) is 0 Å². The molecule has 0 N–H and O–H groups in total. The lowest BCUT2D eigenvalue weighted by Gasteiger charge is -2.32. The molecule has 3 rings (SSSR count). The van der Waals surface area contributed by atoms with E-state index >= 15 is 0 Å². The molecule has 24 heavy (non-hydrogen) atoms. The molecule has 0 bridgehead atoms. The van der Waals surface area contributed by atoms with E-state index in [-0.39, 0.29) is 11.2 Å². The van der Waals surface area contributed by atoms with Crippen LogP contribution in [0.3, 0.4) is 0 Å². The summed E-state index contributed by atoms with van der Waals surface area (Å²) in [5.41, 5.74) is 1.91. The van der Waals surface area contributed by atoms with Crippen molar-refractivity contribution in [2.75, 3.05) is 7.11 Å². The van der Waals surface area contributed by atoms with E-state index in [0.29, 0.717) is 0 Å². The van der Waals surface area contributed by atoms with Crippen LogP contribution in [-0.2, 0) is 9.31 Å². The van der Waals surface area contributed by atoms with Gasteiger partial charge in [-0.1, -0.05) is 12.1 Å². The third kappa shape index (κ3) is 2.98. The highest BCUT2D eigenvalue weighted by Crippen LogP contribution is 2.37. The van der Waals surface area contributed by atoms with E-state index in [1.807, 2.05) is 58.0 Å². The first-order valence-corrected chi connectivity index (χ1v) is 8.69. The number of rotatable bonds is 3. The van der Waals surface area contributed by atoms with Gasteiger partial charge >= 0.3 is 7.12 Å². The molecule has 1 fully saturated rings. The molecule has 4 nitrogen and oxygen atoms in total. The average Bonchev–Trinajstić information content (AvgIpc) is 2.75. The predicted octanol–water partition coefficient (Wildman–Crippen LogP) is 3.82. The lowest BCUT2D eigenvalue weighted by atomic mass is 9.80. The molecule has 0 amide bonds. The molecule has 0 spiro atoms. The van der Waals surface area contributed by atoms with Gasteiger partial charge in [0.15, 0.2) is 0 Å². The van der Waals surface area contributed by atoms with Gasteiger partial charge in [0.05, 0.1) is 24.0 Å². The molecule has 1 aliphatic rings. The van der Waals surface area contributed by atoms with Gasteiger partial charge in [0.1, 0.15) is 5.75 Å². The van der Waals surface area contributed by atoms with Crippen molar-refractivity contribution in [3.8, 4) is 17.0 Å². The van der Waals surface area contributed by atoms with Crippen LogP contribution < -0.4 is 10.2 Å². The number of nitrogens with zero attached hydrogens (tertiary/aromatic N) is 1. The first kappa shape index (κ1) is 17.5. The summed E-state index contributed by atoms with van der Waals surface area (Å²) in [5, 5.41) is 0. The predicted molar refractivity (Wildman–Crippen MR) is 99.6 cm³/mol. The number of hydrogen-bond acceptors (Lipinski definition) is 4. The van der Waals surface area contributed by atoms with Gasteiger partial charge in [-0.3, -0.25) is 4.98 Å². The maximum Gasteiger partial charge on any atom is 0.496 e. The van der Waals surface area contributed by atoms with Crippen molar-refractivity contribution in [3.63, 3.8) is 0 Å². The second-order valence-corrected chi connectivity index (χ2v) is 7.74. The largest absolute Gasteiger partial charge is 0.496 e. The molecular formula is C18H21BBrNO3. The van der Waals surface area contributed by atoms with Crippen molar-refractivity contribution in [1.82, 2.24) is 4.98 Å². The van der Waals surface area contributed by atoms with Crippen LogP contribution in [0.2, 0.25) is 0 Å². The molecular weight excluding hydrogens is 369 g/mol. The monoisotopic (exact) mass is 389 g/mol. The van der Waals surface area contributed by atoms with Crippen molar-refractivity contribution < 1.29 is 14.0 Å². The number of halogens is 1. The van der Waals surface area contributed by atoms with Crippen LogP contribution in [0.4, 0.5) is 0 Å². The van der Waals surface area contributed by atoms with Crippen LogP contribution in [0.15, 0.2) is 41.0 Å². The summed E-state index contributed by atoms with van der Waals surface area (Å²) in [5.74, 6) is 0.786. The number of methoxy groups -OCH3 is 1. The van der Waals surface area contributed by atoms with Crippen LogP contribution in [-0.4, -0.2) is 30.4 Å². The van der Waals surface area contributed by atoms with Gasteiger partial charge in [0, 0.05) is 21.7 Å². The Morgan fingerprint density at radius 1 is 1.08 bits per heavy atom. The summed E-state index contributed by atoms with van der Waals surface area (Å²) in [7, 11) is 1.23. The molecule has 1 aromatic carbocycles. The van der Waals surface area contributed by atoms with Crippen molar-refractivity contribution in [2.45, 2.75) is 38.9 Å². The zero-order chi connectivity index (χ0) is 17.5. The fourth-order valence-corrected chi connectivity index (χ4v) is 3.18. The first-order valence-electron chi connectivity index (χ1n) is 7.89. The van der Waals surface area contributed by atoms with E-state index in [9.17, 15) is 0 Å². The molecule has 126 valence electrons. The highest BCUT2D eigenvalue weighted by atomic mass is 79.9. The number of para-hydroxylation sites is 1. The molecule has 1 aromatic heterocycles. The van der Waals surface area contributed by atoms with Crippen LogP contribution in [0.1, 0.15) is 27.7 Å². The minimum absolute atomic E-state index is 0.370. The van der Waals surface area contributed by atoms with Gasteiger partial charge < -0.3 is 14.0 Å². The summed E-state index contributed by atoms with van der Waals surface area (Å²) in [6.45, 7) is 8.16. The Kier molecular flexibility index (Phi) is 4.49. The van der Waals surface area contributed by atoms with Crippen LogP contribution >= 0.6 is 15.9 Å². The van der Waals surface area contributed by atoms with Crippen molar-refractivity contribution in [1.29, 1.82) is 0 Å². The van der Waals surface area contributed by atoms with E-state index in [2.05, 4.69) is 20.9 Å². The number of hydrogen-bond donors (Lipinski definition) is 0. The smallest absolute Gasteiger partial charge is 0.496 e. The minimum atomic E-state index is -0.425. The quantitative estimate of drug-likeness (QED) is 0.748. The normalized spacial score (nSPS) is 18.7. The topological polar surface area (TPSA) is 40.6 Å². The Bertz CT molecular complexity index is 748. The first-order chi connectivity index (χ1) is 11.2. The zero-order valence-corrected chi connectivity index (χ0v) is 16.2. The summed E-state index contributed by atoms with van der Waals surface area (Å²) >= 11 is 3.62. The number of pyridine rings is 1. The van der Waals surface area contributed by atoms with Gasteiger partial charge in [-0.2, -0.15) is 0 Å². The van der Waals surface area contributed by atoms with Crippen molar-refractivity contribution >= 4 is 28.5 Å². The Balaban J connectivity index is 1.94. The molecule has 6 heteroatoms. The molecule has 0 saturated carbocycles. The second kappa shape index (κ2) is 6.17. The van der Waals surface area contributed by atoms with Crippen molar-refractivity contribution in [3.05, 3.63) is 41.0 Å². The van der Waals surface area contributed by atoms with Gasteiger partial charge in [0.25, 0.3) is 0 Å². The number of aromatic nitrogens is 1. The Labute approximate surface area is 151 Å². The Morgan fingerprint density at radius 3 is 2.29 bits per heavy atom. The molecule has 0 radical (unpaired) electrons. The lowest BCUT2D eigenvalue weighted by molar-refractivity contribution is 0.00578. The Hall–Kier alpha value is -1.37. The molecule has 0 atom stereocenters. The van der Waals surface area contributed by atoms with E-state index in [1.165, 1.54) is 0 Å². The fourth-order valence-electron chi connectivity index (χ4n) is 2.60. The maximum absolute atomic E-state index is 6.09. The third-order valence-electron chi connectivity index (χ3n) is 4.75. The van der Waals surface area contributed by atoms with E-state index < -0.39 is 7.12 Å². The van der Waals surface area contributed by atoms with Crippen LogP contribution in [0.5, 0.6) is 5.75 Å². The summed E-state index contributed by atoms with van der Waals surface area (Å²) in [6.07, 6.45) is 1.80. The van der Waals surface area contributed by atoms with E-state index in [0.717, 1.165) is 26.9 Å². The SMILES string of the molecule is COc1ccccc1-c1ncc(B2OC(C)(C)C(C)(C)O2)cc1Br. The molecule has 1 saturated heterocycles. The van der Waals surface area contributed by atoms with Crippen LogP contribution in [0.25, 0.3) is 11.3 Å². The Morgan fingerprint density at radius 2 is 1.71 bits per heavy atom. The second-order valence-electron chi connectivity index (χ2n) is 6.89. The molecule has 0 aliphatic carbocycles. The number of ether oxygens (including phenoxy) is 1.